The Morgan fingerprint density at radius 1 is 1.57 bits per heavy atom. The summed E-state index contributed by atoms with van der Waals surface area (Å²) in [5, 5.41) is 3.38. The van der Waals surface area contributed by atoms with Crippen LogP contribution in [0.25, 0.3) is 0 Å². The molecule has 0 aromatic rings. The van der Waals surface area contributed by atoms with Gasteiger partial charge in [0.15, 0.2) is 0 Å². The minimum absolute atomic E-state index is 0.645. The lowest BCUT2D eigenvalue weighted by molar-refractivity contribution is 0.0835. The minimum Gasteiger partial charge on any atom is -0.380 e. The molecule has 0 aliphatic carbocycles. The van der Waals surface area contributed by atoms with Crippen molar-refractivity contribution >= 4 is 0 Å². The maximum Gasteiger partial charge on any atom is 0.0593 e. The molecular weight excluding hydrogens is 176 g/mol. The Kier molecular flexibility index (Phi) is 5.83. The molecule has 0 aromatic carbocycles. The standard InChI is InChI=1S/C11H22N2O/c1-3-4-8-14-9-7-13-6-5-12-10-11(13)2/h3,11-12H,1,4-10H2,2H3. The van der Waals surface area contributed by atoms with Crippen molar-refractivity contribution in [1.82, 2.24) is 10.2 Å². The zero-order valence-electron chi connectivity index (χ0n) is 9.17. The smallest absolute Gasteiger partial charge is 0.0593 e. The van der Waals surface area contributed by atoms with Crippen LogP contribution in [-0.4, -0.2) is 50.3 Å². The minimum atomic E-state index is 0.645. The molecule has 82 valence electrons. The number of rotatable bonds is 6. The summed E-state index contributed by atoms with van der Waals surface area (Å²) >= 11 is 0. The molecule has 0 radical (unpaired) electrons. The Bertz CT molecular complexity index is 161. The molecule has 1 unspecified atom stereocenters. The van der Waals surface area contributed by atoms with Gasteiger partial charge in [0.2, 0.25) is 0 Å². The van der Waals surface area contributed by atoms with Crippen molar-refractivity contribution in [3.63, 3.8) is 0 Å². The van der Waals surface area contributed by atoms with E-state index in [2.05, 4.69) is 23.7 Å². The van der Waals surface area contributed by atoms with E-state index in [1.54, 1.807) is 0 Å². The van der Waals surface area contributed by atoms with E-state index in [0.29, 0.717) is 6.04 Å². The van der Waals surface area contributed by atoms with Crippen LogP contribution in [0, 0.1) is 0 Å². The Labute approximate surface area is 87.1 Å². The van der Waals surface area contributed by atoms with Gasteiger partial charge in [-0.25, -0.2) is 0 Å². The van der Waals surface area contributed by atoms with Gasteiger partial charge in [0.25, 0.3) is 0 Å². The van der Waals surface area contributed by atoms with Crippen LogP contribution in [0.2, 0.25) is 0 Å². The van der Waals surface area contributed by atoms with Crippen molar-refractivity contribution in [2.24, 2.45) is 0 Å². The second-order valence-corrected chi connectivity index (χ2v) is 3.78. The average Bonchev–Trinajstić information content (AvgIpc) is 2.20. The summed E-state index contributed by atoms with van der Waals surface area (Å²) < 4.78 is 5.49. The number of piperazine rings is 1. The summed E-state index contributed by atoms with van der Waals surface area (Å²) in [6.45, 7) is 12.0. The number of ether oxygens (including phenoxy) is 1. The van der Waals surface area contributed by atoms with Crippen molar-refractivity contribution < 1.29 is 4.74 Å². The van der Waals surface area contributed by atoms with E-state index in [9.17, 15) is 0 Å². The zero-order chi connectivity index (χ0) is 10.2. The van der Waals surface area contributed by atoms with Gasteiger partial charge in [-0.3, -0.25) is 4.90 Å². The van der Waals surface area contributed by atoms with Crippen LogP contribution >= 0.6 is 0 Å². The molecule has 1 atom stereocenters. The predicted octanol–water partition coefficient (Wildman–Crippen LogP) is 0.873. The van der Waals surface area contributed by atoms with Gasteiger partial charge in [0.1, 0.15) is 0 Å². The van der Waals surface area contributed by atoms with Gasteiger partial charge in [-0.2, -0.15) is 0 Å². The molecule has 0 bridgehead atoms. The van der Waals surface area contributed by atoms with Gasteiger partial charge in [-0.05, 0) is 13.3 Å². The third-order valence-corrected chi connectivity index (χ3v) is 2.63. The van der Waals surface area contributed by atoms with E-state index >= 15 is 0 Å². The van der Waals surface area contributed by atoms with Crippen molar-refractivity contribution in [2.75, 3.05) is 39.4 Å². The van der Waals surface area contributed by atoms with Crippen LogP contribution in [0.1, 0.15) is 13.3 Å². The molecule has 0 aromatic heterocycles. The molecule has 1 aliphatic heterocycles. The molecule has 3 heteroatoms. The molecule has 0 spiro atoms. The van der Waals surface area contributed by atoms with Crippen LogP contribution in [0.5, 0.6) is 0 Å². The summed E-state index contributed by atoms with van der Waals surface area (Å²) in [4.78, 5) is 2.48. The topological polar surface area (TPSA) is 24.5 Å². The van der Waals surface area contributed by atoms with E-state index in [4.69, 9.17) is 4.74 Å². The summed E-state index contributed by atoms with van der Waals surface area (Å²) in [5.41, 5.74) is 0. The van der Waals surface area contributed by atoms with Gasteiger partial charge >= 0.3 is 0 Å². The van der Waals surface area contributed by atoms with Gasteiger partial charge < -0.3 is 10.1 Å². The average molecular weight is 198 g/mol. The van der Waals surface area contributed by atoms with Crippen LogP contribution < -0.4 is 5.32 Å². The fraction of sp³-hybridized carbons (Fsp3) is 0.818. The lowest BCUT2D eigenvalue weighted by atomic mass is 10.2. The van der Waals surface area contributed by atoms with E-state index in [1.165, 1.54) is 0 Å². The summed E-state index contributed by atoms with van der Waals surface area (Å²) in [7, 11) is 0. The highest BCUT2D eigenvalue weighted by atomic mass is 16.5. The molecule has 1 N–H and O–H groups in total. The van der Waals surface area contributed by atoms with Crippen LogP contribution in [0.3, 0.4) is 0 Å². The van der Waals surface area contributed by atoms with Crippen LogP contribution in [0.4, 0.5) is 0 Å². The van der Waals surface area contributed by atoms with Gasteiger partial charge in [-0.15, -0.1) is 6.58 Å². The number of hydrogen-bond donors (Lipinski definition) is 1. The molecule has 1 fully saturated rings. The molecule has 1 rings (SSSR count). The lowest BCUT2D eigenvalue weighted by Gasteiger charge is -2.33. The maximum atomic E-state index is 5.49. The zero-order valence-corrected chi connectivity index (χ0v) is 9.17. The van der Waals surface area contributed by atoms with Gasteiger partial charge in [0.05, 0.1) is 13.2 Å². The van der Waals surface area contributed by atoms with Gasteiger partial charge in [-0.1, -0.05) is 6.08 Å². The van der Waals surface area contributed by atoms with Crippen molar-refractivity contribution in [3.8, 4) is 0 Å². The first-order chi connectivity index (χ1) is 6.84. The SMILES string of the molecule is C=CCCOCCN1CCNCC1C. The number of nitrogens with one attached hydrogen (secondary N) is 1. The predicted molar refractivity (Wildman–Crippen MR) is 59.5 cm³/mol. The van der Waals surface area contributed by atoms with Crippen molar-refractivity contribution in [1.29, 1.82) is 0 Å². The lowest BCUT2D eigenvalue weighted by Crippen LogP contribution is -2.50. The molecule has 1 aliphatic rings. The highest BCUT2D eigenvalue weighted by Crippen LogP contribution is 2.01. The third-order valence-electron chi connectivity index (χ3n) is 2.63. The van der Waals surface area contributed by atoms with Crippen LogP contribution in [-0.2, 0) is 4.74 Å². The van der Waals surface area contributed by atoms with E-state index < -0.39 is 0 Å². The monoisotopic (exact) mass is 198 g/mol. The summed E-state index contributed by atoms with van der Waals surface area (Å²) in [5.74, 6) is 0. The fourth-order valence-corrected chi connectivity index (χ4v) is 1.67. The Balaban J connectivity index is 2.01. The van der Waals surface area contributed by atoms with Crippen molar-refractivity contribution in [3.05, 3.63) is 12.7 Å². The van der Waals surface area contributed by atoms with Gasteiger partial charge in [0, 0.05) is 32.2 Å². The highest BCUT2D eigenvalue weighted by Gasteiger charge is 2.16. The molecule has 0 saturated carbocycles. The number of nitrogens with zero attached hydrogens (tertiary/aromatic N) is 1. The second-order valence-electron chi connectivity index (χ2n) is 3.78. The number of hydrogen-bond acceptors (Lipinski definition) is 3. The largest absolute Gasteiger partial charge is 0.380 e. The summed E-state index contributed by atoms with van der Waals surface area (Å²) in [6, 6.07) is 0.645. The van der Waals surface area contributed by atoms with Crippen LogP contribution in [0.15, 0.2) is 12.7 Å². The quantitative estimate of drug-likeness (QED) is 0.506. The fourth-order valence-electron chi connectivity index (χ4n) is 1.67. The molecule has 0 amide bonds. The highest BCUT2D eigenvalue weighted by molar-refractivity contribution is 4.75. The third kappa shape index (κ3) is 4.22. The molecule has 3 nitrogen and oxygen atoms in total. The Morgan fingerprint density at radius 2 is 2.43 bits per heavy atom. The molecule has 1 saturated heterocycles. The first kappa shape index (κ1) is 11.7. The first-order valence-electron chi connectivity index (χ1n) is 5.48. The Morgan fingerprint density at radius 3 is 3.14 bits per heavy atom. The normalized spacial score (nSPS) is 23.6. The molecule has 14 heavy (non-hydrogen) atoms. The molecular formula is C11H22N2O. The second kappa shape index (κ2) is 6.98. The van der Waals surface area contributed by atoms with Crippen molar-refractivity contribution in [2.45, 2.75) is 19.4 Å². The van der Waals surface area contributed by atoms with E-state index in [-0.39, 0.29) is 0 Å². The van der Waals surface area contributed by atoms with E-state index in [1.807, 2.05) is 6.08 Å². The Hall–Kier alpha value is -0.380. The first-order valence-corrected chi connectivity index (χ1v) is 5.48. The molecule has 1 heterocycles. The van der Waals surface area contributed by atoms with E-state index in [0.717, 1.165) is 45.8 Å². The summed E-state index contributed by atoms with van der Waals surface area (Å²) in [6.07, 6.45) is 2.85. The maximum absolute atomic E-state index is 5.49.